The molecule has 15 rings (SSSR count). The first kappa shape index (κ1) is 77.9. The molecular formula is C74H79N17O11S5. The van der Waals surface area contributed by atoms with E-state index in [0.29, 0.717) is 73.1 Å². The van der Waals surface area contributed by atoms with Gasteiger partial charge in [-0.1, -0.05) is 18.6 Å². The minimum atomic E-state index is -0.977. The molecule has 556 valence electrons. The molecule has 0 radical (unpaired) electrons. The van der Waals surface area contributed by atoms with Crippen LogP contribution in [0.1, 0.15) is 110 Å². The number of thiazole rings is 5. The number of aromatic carboxylic acids is 4. The van der Waals surface area contributed by atoms with Crippen molar-refractivity contribution in [1.29, 1.82) is 0 Å². The number of carboxylic acid groups (broad SMARTS) is 4. The van der Waals surface area contributed by atoms with E-state index in [2.05, 4.69) is 80.1 Å². The van der Waals surface area contributed by atoms with Crippen LogP contribution in [0.3, 0.4) is 0 Å². The molecule has 1 aromatic carbocycles. The number of morpholine rings is 1. The summed E-state index contributed by atoms with van der Waals surface area (Å²) in [5.41, 5.74) is 12.4. The number of likely N-dealkylation sites (tertiary alicyclic amines) is 2. The zero-order chi connectivity index (χ0) is 74.9. The van der Waals surface area contributed by atoms with E-state index in [9.17, 15) is 44.4 Å². The Hall–Kier alpha value is -10.2. The van der Waals surface area contributed by atoms with Gasteiger partial charge in [0.2, 0.25) is 0 Å². The van der Waals surface area contributed by atoms with Crippen molar-refractivity contribution in [3.05, 3.63) is 194 Å². The Morgan fingerprint density at radius 1 is 0.439 bits per heavy atom. The Balaban J connectivity index is 0.000000133. The number of esters is 1. The van der Waals surface area contributed by atoms with E-state index < -0.39 is 29.8 Å². The average molecular weight is 1540 g/mol. The van der Waals surface area contributed by atoms with Gasteiger partial charge in [-0.05, 0) is 132 Å². The topological polar surface area (TPSA) is 377 Å². The number of rotatable bonds is 21. The van der Waals surface area contributed by atoms with Crippen LogP contribution >= 0.6 is 56.7 Å². The van der Waals surface area contributed by atoms with Gasteiger partial charge in [0.15, 0.2) is 33.5 Å². The summed E-state index contributed by atoms with van der Waals surface area (Å²) >= 11 is 7.09. The molecule has 4 fully saturated rings. The molecule has 0 bridgehead atoms. The molecule has 8 N–H and O–H groups in total. The molecule has 0 spiro atoms. The van der Waals surface area contributed by atoms with E-state index in [1.54, 1.807) is 75.0 Å². The molecular weight excluding hydrogens is 1460 g/mol. The number of nitrogens with one attached hydrogen (secondary N) is 2. The van der Waals surface area contributed by atoms with E-state index >= 15 is 0 Å². The lowest BCUT2D eigenvalue weighted by Gasteiger charge is -2.26. The first-order valence-corrected chi connectivity index (χ1v) is 38.6. The summed E-state index contributed by atoms with van der Waals surface area (Å²) in [7, 11) is 0. The monoisotopic (exact) mass is 1540 g/mol. The number of piperazine rings is 1. The van der Waals surface area contributed by atoms with Crippen LogP contribution in [0.2, 0.25) is 0 Å². The third-order valence-electron chi connectivity index (χ3n) is 17.0. The lowest BCUT2D eigenvalue weighted by atomic mass is 10.1. The summed E-state index contributed by atoms with van der Waals surface area (Å²) in [6.45, 7) is 15.6. The Morgan fingerprint density at radius 3 is 1.09 bits per heavy atom. The van der Waals surface area contributed by atoms with Crippen LogP contribution < -0.4 is 16.4 Å². The van der Waals surface area contributed by atoms with Crippen molar-refractivity contribution < 1.29 is 53.9 Å². The van der Waals surface area contributed by atoms with E-state index in [1.807, 2.05) is 78.9 Å². The maximum atomic E-state index is 12.2. The lowest BCUT2D eigenvalue weighted by Crippen LogP contribution is -2.42. The maximum Gasteiger partial charge on any atom is 0.355 e. The summed E-state index contributed by atoms with van der Waals surface area (Å²) in [5.74, 6) is -3.81. The smallest absolute Gasteiger partial charge is 0.355 e. The molecule has 14 heterocycles. The number of piperidine rings is 1. The first-order valence-electron chi connectivity index (χ1n) is 34.6. The van der Waals surface area contributed by atoms with Crippen LogP contribution in [0.15, 0.2) is 147 Å². The fraction of sp³-hybridized carbons (Fsp3) is 0.311. The highest BCUT2D eigenvalue weighted by atomic mass is 32.1. The van der Waals surface area contributed by atoms with Crippen molar-refractivity contribution in [2.24, 2.45) is 0 Å². The fourth-order valence-electron chi connectivity index (χ4n) is 11.6. The number of nitrogen functional groups attached to an aromatic ring is 1. The number of nitrogens with two attached hydrogens (primary N) is 1. The number of aromatic nitrogens is 10. The van der Waals surface area contributed by atoms with Gasteiger partial charge in [-0.15, -0.1) is 56.7 Å². The zero-order valence-electron chi connectivity index (χ0n) is 58.4. The molecule has 0 aliphatic carbocycles. The van der Waals surface area contributed by atoms with Gasteiger partial charge in [0.1, 0.15) is 25.0 Å². The highest BCUT2D eigenvalue weighted by molar-refractivity contribution is 7.17. The van der Waals surface area contributed by atoms with E-state index in [0.717, 1.165) is 133 Å². The number of carbonyl (C=O) groups excluding carboxylic acids is 1. The van der Waals surface area contributed by atoms with E-state index in [4.69, 9.17) is 15.2 Å². The number of carbonyl (C=O) groups is 5. The molecule has 4 saturated heterocycles. The molecule has 4 aliphatic heterocycles. The molecule has 28 nitrogen and oxygen atoms in total. The first-order chi connectivity index (χ1) is 52.1. The van der Waals surface area contributed by atoms with E-state index in [-0.39, 0.29) is 22.8 Å². The number of ether oxygens (including phenoxy) is 2. The zero-order valence-corrected chi connectivity index (χ0v) is 62.5. The second-order valence-electron chi connectivity index (χ2n) is 24.4. The largest absolute Gasteiger partial charge is 0.476 e. The number of anilines is 3. The van der Waals surface area contributed by atoms with Gasteiger partial charge >= 0.3 is 29.8 Å². The van der Waals surface area contributed by atoms with Crippen molar-refractivity contribution in [2.75, 3.05) is 96.3 Å². The number of benzene rings is 1. The van der Waals surface area contributed by atoms with Gasteiger partial charge in [0, 0.05) is 155 Å². The Kier molecular flexibility index (Phi) is 28.7. The lowest BCUT2D eigenvalue weighted by molar-refractivity contribution is 0.0343. The molecule has 0 atom stereocenters. The summed E-state index contributed by atoms with van der Waals surface area (Å²) in [5, 5.41) is 47.5. The van der Waals surface area contributed by atoms with Crippen LogP contribution in [-0.2, 0) is 35.7 Å². The molecule has 0 saturated carbocycles. The summed E-state index contributed by atoms with van der Waals surface area (Å²) in [6, 6.07) is 25.8. The molecule has 0 amide bonds. The highest BCUT2D eigenvalue weighted by Gasteiger charge is 2.27. The molecule has 33 heteroatoms. The Bertz CT molecular complexity index is 4420. The second-order valence-corrected chi connectivity index (χ2v) is 29.8. The number of pyridine rings is 5. The van der Waals surface area contributed by atoms with Crippen molar-refractivity contribution in [2.45, 2.75) is 65.2 Å². The van der Waals surface area contributed by atoms with Crippen LogP contribution in [0.4, 0.5) is 17.2 Å². The highest BCUT2D eigenvalue weighted by Crippen LogP contribution is 2.37. The van der Waals surface area contributed by atoms with Crippen molar-refractivity contribution in [3.63, 3.8) is 0 Å². The second kappa shape index (κ2) is 39.4. The van der Waals surface area contributed by atoms with Gasteiger partial charge < -0.3 is 46.3 Å². The number of hydrogen-bond donors (Lipinski definition) is 7. The van der Waals surface area contributed by atoms with Crippen LogP contribution in [0.25, 0.3) is 52.9 Å². The number of nitrogens with zero attached hydrogens (tertiary/aromatic N) is 14. The number of para-hydroxylation sites is 2. The normalized spacial score (nSPS) is 14.7. The van der Waals surface area contributed by atoms with Gasteiger partial charge in [0.05, 0.1) is 50.7 Å². The number of carboxylic acids is 4. The Morgan fingerprint density at radius 2 is 0.757 bits per heavy atom. The standard InChI is InChI=1S/C17H16N4O2S.C15H17N3O2S.C14H16N4O2S.C14H15N3O3S.C14H15N3O2S/c1-2-23-17(22)14-15(20-13-6-4-3-5-12(13)18)21-16(24-14)11-7-9-19-10-8-11;19-15(20)13-12(10-18-8-2-1-3-9-18)21-14(17-13)11-4-6-16-7-5-11;19-14(20)12-11(9-18-7-5-16-6-8-18)21-13(17-12)10-1-3-15-4-2-10;18-14(19)12-11(9-17-5-7-20-8-6-17)21-13(16-12)10-1-3-15-4-2-10;18-14(19)12-11(9-17-7-1-2-8-17)20-13(16-12)10-3-5-15-6-4-10/h3-10,20H,2,18H2,1H3;4-7H,1-3,8-10H2,(H,19,20);1-4,16H,5-9H2,(H,19,20);1-4H,5-9H2,(H,18,19);3-6H,1-2,7-9H2,(H,18,19). The minimum Gasteiger partial charge on any atom is -0.476 e. The van der Waals surface area contributed by atoms with Crippen molar-refractivity contribution in [1.82, 2.24) is 74.8 Å². The average Bonchev–Trinajstić information content (AvgIpc) is 1.71. The number of hydrogen-bond acceptors (Lipinski definition) is 29. The van der Waals surface area contributed by atoms with Crippen LogP contribution in [-0.4, -0.2) is 205 Å². The van der Waals surface area contributed by atoms with Crippen molar-refractivity contribution >= 4 is 104 Å². The molecule has 4 aliphatic rings. The fourth-order valence-corrected chi connectivity index (χ4v) is 16.9. The molecule has 10 aromatic heterocycles. The van der Waals surface area contributed by atoms with Crippen LogP contribution in [0, 0.1) is 0 Å². The third kappa shape index (κ3) is 22.2. The van der Waals surface area contributed by atoms with Crippen LogP contribution in [0.5, 0.6) is 0 Å². The minimum absolute atomic E-state index is 0.151. The van der Waals surface area contributed by atoms with Gasteiger partial charge in [0.25, 0.3) is 0 Å². The third-order valence-corrected chi connectivity index (χ3v) is 22.4. The SMILES string of the molecule is CCOC(=O)c1sc(-c2ccncc2)nc1Nc1ccccc1N.O=C(O)c1nc(-c2ccncc2)sc1CN1CCCC1.O=C(O)c1nc(-c2ccncc2)sc1CN1CCCCC1.O=C(O)c1nc(-c2ccncc2)sc1CN1CCNCC1.O=C(O)c1nc(-c2ccncc2)sc1CN1CCOCC1. The summed E-state index contributed by atoms with van der Waals surface area (Å²) in [6.07, 6.45) is 22.9. The van der Waals surface area contributed by atoms with Gasteiger partial charge in [-0.25, -0.2) is 48.9 Å². The quantitative estimate of drug-likeness (QED) is 0.0259. The van der Waals surface area contributed by atoms with Gasteiger partial charge in [-0.3, -0.25) is 44.5 Å². The Labute approximate surface area is 636 Å². The van der Waals surface area contributed by atoms with Crippen molar-refractivity contribution in [3.8, 4) is 52.9 Å². The summed E-state index contributed by atoms with van der Waals surface area (Å²) in [4.78, 5) is 112. The predicted molar refractivity (Wildman–Crippen MR) is 413 cm³/mol. The maximum absolute atomic E-state index is 12.2. The summed E-state index contributed by atoms with van der Waals surface area (Å²) < 4.78 is 10.4. The molecule has 107 heavy (non-hydrogen) atoms. The molecule has 11 aromatic rings. The van der Waals surface area contributed by atoms with Gasteiger partial charge in [-0.2, -0.15) is 0 Å². The molecule has 0 unspecified atom stereocenters. The van der Waals surface area contributed by atoms with E-state index in [1.165, 1.54) is 88.8 Å². The predicted octanol–water partition coefficient (Wildman–Crippen LogP) is 12.1.